The van der Waals surface area contributed by atoms with Gasteiger partial charge in [-0.15, -0.1) is 0 Å². The fourth-order valence-corrected chi connectivity index (χ4v) is 14.5. The number of hydrogen-bond acceptors (Lipinski definition) is 4. The zero-order valence-corrected chi connectivity index (χ0v) is 31.3. The lowest BCUT2D eigenvalue weighted by Gasteiger charge is -2.73. The van der Waals surface area contributed by atoms with Crippen LogP contribution in [0.25, 0.3) is 0 Å². The summed E-state index contributed by atoms with van der Waals surface area (Å²) in [7, 11) is 0. The van der Waals surface area contributed by atoms with Crippen molar-refractivity contribution < 1.29 is 19.8 Å². The molecule has 0 radical (unpaired) electrons. The first-order valence-electron chi connectivity index (χ1n) is 19.8. The molecule has 0 bridgehead atoms. The van der Waals surface area contributed by atoms with Crippen molar-refractivity contribution in [3.63, 3.8) is 0 Å². The maximum Gasteiger partial charge on any atom is 0.233 e. The standard InChI is InChI=1S/C41H68N2O4/c1-27-11-14-38(6)30(35(27,2)3)13-15-40(8)31(38)10-9-29-32-28(36(4)17-18-36)12-16-41(32,20-19-39(29,40)7)34(47)43-23-21-42(22-24-43)33(46)37(5,25-44)26-45/h27-32,44-45H,9-26H2,1-8H3/t27-,28+,29+,30-,31+,32+,38-,39+,40+,41-/m0/s1. The van der Waals surface area contributed by atoms with Crippen LogP contribution >= 0.6 is 0 Å². The van der Waals surface area contributed by atoms with Gasteiger partial charge in [-0.05, 0) is 147 Å². The van der Waals surface area contributed by atoms with Gasteiger partial charge in [-0.1, -0.05) is 48.5 Å². The number of hydrogen-bond donors (Lipinski definition) is 2. The Bertz CT molecular complexity index is 1260. The molecule has 10 atom stereocenters. The number of carbonyl (C=O) groups excluding carboxylic acids is 2. The van der Waals surface area contributed by atoms with E-state index in [9.17, 15) is 15.0 Å². The number of fused-ring (bicyclic) bond motifs is 7. The van der Waals surface area contributed by atoms with Crippen molar-refractivity contribution in [1.82, 2.24) is 9.80 Å². The Labute approximate surface area is 286 Å². The molecule has 1 heterocycles. The van der Waals surface area contributed by atoms with Gasteiger partial charge in [0.2, 0.25) is 11.8 Å². The molecular formula is C41H68N2O4. The highest BCUT2D eigenvalue weighted by Crippen LogP contribution is 2.79. The van der Waals surface area contributed by atoms with Crippen molar-refractivity contribution in [3.8, 4) is 0 Å². The molecule has 0 spiro atoms. The van der Waals surface area contributed by atoms with Crippen LogP contribution in [-0.4, -0.2) is 71.2 Å². The van der Waals surface area contributed by atoms with Crippen LogP contribution in [0.3, 0.4) is 0 Å². The lowest BCUT2D eigenvalue weighted by atomic mass is 9.32. The Kier molecular flexibility index (Phi) is 7.98. The van der Waals surface area contributed by atoms with E-state index in [0.717, 1.165) is 30.6 Å². The van der Waals surface area contributed by atoms with Crippen LogP contribution in [0.15, 0.2) is 0 Å². The summed E-state index contributed by atoms with van der Waals surface area (Å²) >= 11 is 0. The van der Waals surface area contributed by atoms with Gasteiger partial charge in [0.15, 0.2) is 0 Å². The smallest absolute Gasteiger partial charge is 0.233 e. The van der Waals surface area contributed by atoms with E-state index in [0.29, 0.717) is 71.5 Å². The average Bonchev–Trinajstić information content (AvgIpc) is 3.67. The van der Waals surface area contributed by atoms with E-state index in [2.05, 4.69) is 53.4 Å². The van der Waals surface area contributed by atoms with Gasteiger partial charge in [-0.25, -0.2) is 0 Å². The summed E-state index contributed by atoms with van der Waals surface area (Å²) in [5, 5.41) is 19.7. The normalized spacial score (nSPS) is 46.9. The molecule has 2 N–H and O–H groups in total. The number of aliphatic hydroxyl groups is 2. The monoisotopic (exact) mass is 653 g/mol. The van der Waals surface area contributed by atoms with E-state index in [-0.39, 0.29) is 30.0 Å². The lowest BCUT2D eigenvalue weighted by molar-refractivity contribution is -0.244. The molecule has 6 aliphatic carbocycles. The summed E-state index contributed by atoms with van der Waals surface area (Å²) in [5.74, 6) is 4.30. The Morgan fingerprint density at radius 1 is 0.681 bits per heavy atom. The molecule has 0 aromatic heterocycles. The van der Waals surface area contributed by atoms with Crippen LogP contribution in [0.1, 0.15) is 132 Å². The minimum Gasteiger partial charge on any atom is -0.395 e. The quantitative estimate of drug-likeness (QED) is 0.330. The number of carbonyl (C=O) groups is 2. The molecular weight excluding hydrogens is 584 g/mol. The Hall–Kier alpha value is -1.14. The molecule has 1 aliphatic heterocycles. The fraction of sp³-hybridized carbons (Fsp3) is 0.951. The van der Waals surface area contributed by atoms with Crippen molar-refractivity contribution >= 4 is 11.8 Å². The summed E-state index contributed by atoms with van der Waals surface area (Å²) in [6, 6.07) is 0. The first-order valence-corrected chi connectivity index (χ1v) is 19.8. The molecule has 6 heteroatoms. The zero-order valence-electron chi connectivity index (χ0n) is 31.3. The summed E-state index contributed by atoms with van der Waals surface area (Å²) in [5.41, 5.74) is 0.383. The Morgan fingerprint density at radius 2 is 1.32 bits per heavy atom. The fourth-order valence-electron chi connectivity index (χ4n) is 14.5. The van der Waals surface area contributed by atoms with Crippen LogP contribution in [-0.2, 0) is 9.59 Å². The second kappa shape index (κ2) is 10.9. The molecule has 0 aromatic rings. The number of aliphatic hydroxyl groups excluding tert-OH is 2. The third-order valence-electron chi connectivity index (χ3n) is 18.4. The van der Waals surface area contributed by atoms with E-state index < -0.39 is 5.41 Å². The second-order valence-electron chi connectivity index (χ2n) is 20.4. The molecule has 0 aromatic carbocycles. The first-order chi connectivity index (χ1) is 22.0. The van der Waals surface area contributed by atoms with E-state index in [4.69, 9.17) is 0 Å². The minimum absolute atomic E-state index is 0.203. The maximum absolute atomic E-state index is 15.1. The molecule has 266 valence electrons. The van der Waals surface area contributed by atoms with Gasteiger partial charge in [-0.2, -0.15) is 0 Å². The zero-order chi connectivity index (χ0) is 34.0. The van der Waals surface area contributed by atoms with Gasteiger partial charge in [0.05, 0.1) is 24.0 Å². The average molecular weight is 653 g/mol. The Balaban J connectivity index is 1.17. The lowest BCUT2D eigenvalue weighted by Crippen LogP contribution is -2.67. The van der Waals surface area contributed by atoms with E-state index >= 15 is 4.79 Å². The molecule has 47 heavy (non-hydrogen) atoms. The van der Waals surface area contributed by atoms with Crippen LogP contribution < -0.4 is 0 Å². The number of rotatable bonds is 5. The highest BCUT2D eigenvalue weighted by Gasteiger charge is 2.73. The minimum atomic E-state index is -1.17. The number of nitrogens with zero attached hydrogens (tertiary/aromatic N) is 2. The van der Waals surface area contributed by atoms with Gasteiger partial charge >= 0.3 is 0 Å². The highest BCUT2D eigenvalue weighted by atomic mass is 16.3. The summed E-state index contributed by atoms with van der Waals surface area (Å²) < 4.78 is 0. The van der Waals surface area contributed by atoms with Crippen molar-refractivity contribution in [3.05, 3.63) is 0 Å². The molecule has 7 rings (SSSR count). The summed E-state index contributed by atoms with van der Waals surface area (Å²) in [6.45, 7) is 21.4. The predicted molar refractivity (Wildman–Crippen MR) is 186 cm³/mol. The van der Waals surface area contributed by atoms with Gasteiger partial charge in [0.1, 0.15) is 0 Å². The molecule has 6 saturated carbocycles. The van der Waals surface area contributed by atoms with Gasteiger partial charge in [0.25, 0.3) is 0 Å². The molecule has 7 aliphatic rings. The highest BCUT2D eigenvalue weighted by molar-refractivity contribution is 5.85. The van der Waals surface area contributed by atoms with E-state index in [1.807, 2.05) is 0 Å². The van der Waals surface area contributed by atoms with Crippen molar-refractivity contribution in [1.29, 1.82) is 0 Å². The number of piperazine rings is 1. The largest absolute Gasteiger partial charge is 0.395 e. The van der Waals surface area contributed by atoms with Gasteiger partial charge in [-0.3, -0.25) is 9.59 Å². The summed E-state index contributed by atoms with van der Waals surface area (Å²) in [6.07, 6.45) is 15.2. The maximum atomic E-state index is 15.1. The van der Waals surface area contributed by atoms with Crippen LogP contribution in [0.2, 0.25) is 0 Å². The summed E-state index contributed by atoms with van der Waals surface area (Å²) in [4.78, 5) is 32.1. The van der Waals surface area contributed by atoms with Crippen molar-refractivity contribution in [2.45, 2.75) is 132 Å². The van der Waals surface area contributed by atoms with Gasteiger partial charge in [0, 0.05) is 26.2 Å². The van der Waals surface area contributed by atoms with Crippen molar-refractivity contribution in [2.24, 2.45) is 73.4 Å². The van der Waals surface area contributed by atoms with Crippen LogP contribution in [0.5, 0.6) is 0 Å². The molecule has 0 unspecified atom stereocenters. The van der Waals surface area contributed by atoms with Crippen molar-refractivity contribution in [2.75, 3.05) is 39.4 Å². The topological polar surface area (TPSA) is 81.1 Å². The second-order valence-corrected chi connectivity index (χ2v) is 20.4. The van der Waals surface area contributed by atoms with E-state index in [1.165, 1.54) is 64.2 Å². The number of amides is 2. The van der Waals surface area contributed by atoms with Crippen LogP contribution in [0, 0.1) is 73.4 Å². The Morgan fingerprint density at radius 3 is 1.94 bits per heavy atom. The molecule has 7 fully saturated rings. The van der Waals surface area contributed by atoms with E-state index in [1.54, 1.807) is 11.8 Å². The predicted octanol–water partition coefficient (Wildman–Crippen LogP) is 7.17. The first kappa shape index (κ1) is 34.3. The van der Waals surface area contributed by atoms with Crippen LogP contribution in [0.4, 0.5) is 0 Å². The van der Waals surface area contributed by atoms with Gasteiger partial charge < -0.3 is 20.0 Å². The third kappa shape index (κ3) is 4.53. The SMILES string of the molecule is C[C@H]1CC[C@]2(C)[C@H]3CC[C@@H]4[C@H]5[C@H](C6(C)CC6)CC[C@]5(C(=O)N5CCN(C(=O)C(C)(CO)CO)CC5)CC[C@@]4(C)[C@]3(C)CC[C@H]2C1(C)C. The molecule has 1 saturated heterocycles. The molecule has 6 nitrogen and oxygen atoms in total. The third-order valence-corrected chi connectivity index (χ3v) is 18.4. The molecule has 2 amide bonds.